The number of hydrogen-bond acceptors (Lipinski definition) is 4. The van der Waals surface area contributed by atoms with E-state index in [1.165, 1.54) is 19.5 Å². The predicted molar refractivity (Wildman–Crippen MR) is 97.4 cm³/mol. The van der Waals surface area contributed by atoms with E-state index in [-0.39, 0.29) is 12.1 Å². The van der Waals surface area contributed by atoms with Crippen LogP contribution in [0.15, 0.2) is 59.9 Å². The molecular formula is C19H15F2N5O2. The molecule has 2 aromatic heterocycles. The molecule has 7 nitrogen and oxygen atoms in total. The number of nitrogens with zero attached hydrogens (tertiary/aromatic N) is 4. The Morgan fingerprint density at radius 1 is 1.18 bits per heavy atom. The monoisotopic (exact) mass is 383 g/mol. The fourth-order valence-corrected chi connectivity index (χ4v) is 2.92. The summed E-state index contributed by atoms with van der Waals surface area (Å²) in [6.45, 7) is -0.262. The number of methoxy groups -OCH3 is 1. The van der Waals surface area contributed by atoms with Gasteiger partial charge in [0.15, 0.2) is 0 Å². The van der Waals surface area contributed by atoms with Gasteiger partial charge >= 0.3 is 5.69 Å². The molecule has 4 rings (SSSR count). The molecule has 0 atom stereocenters. The van der Waals surface area contributed by atoms with Gasteiger partial charge in [0.25, 0.3) is 0 Å². The van der Waals surface area contributed by atoms with Gasteiger partial charge in [0.2, 0.25) is 0 Å². The van der Waals surface area contributed by atoms with Crippen LogP contribution in [0, 0.1) is 11.6 Å². The van der Waals surface area contributed by atoms with Crippen molar-refractivity contribution in [1.82, 2.24) is 24.5 Å². The lowest BCUT2D eigenvalue weighted by atomic mass is 10.1. The summed E-state index contributed by atoms with van der Waals surface area (Å²) in [4.78, 5) is 12.7. The molecule has 0 radical (unpaired) electrons. The van der Waals surface area contributed by atoms with Crippen molar-refractivity contribution in [1.29, 1.82) is 0 Å². The zero-order valence-corrected chi connectivity index (χ0v) is 14.8. The maximum Gasteiger partial charge on any atom is 0.350 e. The number of benzene rings is 2. The Hall–Kier alpha value is -3.75. The zero-order chi connectivity index (χ0) is 19.7. The van der Waals surface area contributed by atoms with Crippen LogP contribution in [0.2, 0.25) is 0 Å². The smallest absolute Gasteiger partial charge is 0.350 e. The summed E-state index contributed by atoms with van der Waals surface area (Å²) in [6, 6.07) is 8.70. The zero-order valence-electron chi connectivity index (χ0n) is 14.8. The number of nitrogens with one attached hydrogen (secondary N) is 1. The van der Waals surface area contributed by atoms with Crippen molar-refractivity contribution in [2.45, 2.75) is 6.54 Å². The lowest BCUT2D eigenvalue weighted by Gasteiger charge is -2.09. The molecule has 28 heavy (non-hydrogen) atoms. The number of aromatic amines is 1. The van der Waals surface area contributed by atoms with Crippen LogP contribution in [0.5, 0.6) is 5.75 Å². The van der Waals surface area contributed by atoms with Gasteiger partial charge in [-0.3, -0.25) is 9.67 Å². The van der Waals surface area contributed by atoms with Crippen LogP contribution >= 0.6 is 0 Å². The van der Waals surface area contributed by atoms with Crippen LogP contribution in [0.1, 0.15) is 5.56 Å². The van der Waals surface area contributed by atoms with Gasteiger partial charge in [0.1, 0.15) is 23.7 Å². The van der Waals surface area contributed by atoms with Crippen molar-refractivity contribution >= 4 is 0 Å². The summed E-state index contributed by atoms with van der Waals surface area (Å²) < 4.78 is 35.4. The van der Waals surface area contributed by atoms with Gasteiger partial charge in [-0.05, 0) is 24.3 Å². The first kappa shape index (κ1) is 17.7. The van der Waals surface area contributed by atoms with Crippen LogP contribution in [0.3, 0.4) is 0 Å². The Morgan fingerprint density at radius 3 is 2.64 bits per heavy atom. The van der Waals surface area contributed by atoms with Crippen molar-refractivity contribution in [3.05, 3.63) is 82.8 Å². The Kier molecular flexibility index (Phi) is 4.48. The number of aromatic nitrogens is 5. The van der Waals surface area contributed by atoms with Crippen molar-refractivity contribution < 1.29 is 13.5 Å². The molecule has 0 aliphatic heterocycles. The Morgan fingerprint density at radius 2 is 1.96 bits per heavy atom. The molecule has 4 aromatic rings. The maximum absolute atomic E-state index is 13.9. The normalized spacial score (nSPS) is 11.0. The highest BCUT2D eigenvalue weighted by Gasteiger charge is 2.15. The van der Waals surface area contributed by atoms with E-state index in [9.17, 15) is 13.6 Å². The highest BCUT2D eigenvalue weighted by molar-refractivity contribution is 5.70. The Bertz CT molecular complexity index is 1160. The minimum Gasteiger partial charge on any atom is -0.496 e. The van der Waals surface area contributed by atoms with E-state index < -0.39 is 17.3 Å². The first-order valence-corrected chi connectivity index (χ1v) is 8.33. The van der Waals surface area contributed by atoms with Crippen molar-refractivity contribution in [3.8, 4) is 22.6 Å². The topological polar surface area (TPSA) is 77.7 Å². The summed E-state index contributed by atoms with van der Waals surface area (Å²) in [5.41, 5.74) is 1.36. The van der Waals surface area contributed by atoms with Gasteiger partial charge in [0.05, 0.1) is 25.5 Å². The second kappa shape index (κ2) is 7.10. The third kappa shape index (κ3) is 3.07. The quantitative estimate of drug-likeness (QED) is 0.575. The highest BCUT2D eigenvalue weighted by Crippen LogP contribution is 2.30. The van der Waals surface area contributed by atoms with E-state index in [0.29, 0.717) is 11.4 Å². The van der Waals surface area contributed by atoms with Crippen LogP contribution in [0.25, 0.3) is 16.8 Å². The van der Waals surface area contributed by atoms with Crippen molar-refractivity contribution in [3.63, 3.8) is 0 Å². The summed E-state index contributed by atoms with van der Waals surface area (Å²) in [7, 11) is 1.52. The number of halogens is 2. The molecule has 2 heterocycles. The van der Waals surface area contributed by atoms with Crippen LogP contribution in [-0.4, -0.2) is 31.7 Å². The molecule has 0 aliphatic rings. The van der Waals surface area contributed by atoms with Crippen molar-refractivity contribution in [2.24, 2.45) is 0 Å². The van der Waals surface area contributed by atoms with Crippen LogP contribution in [0.4, 0.5) is 8.78 Å². The number of hydrogen-bond donors (Lipinski definition) is 1. The molecule has 9 heteroatoms. The van der Waals surface area contributed by atoms with E-state index in [2.05, 4.69) is 15.3 Å². The molecular weight excluding hydrogens is 368 g/mol. The van der Waals surface area contributed by atoms with Gasteiger partial charge < -0.3 is 4.74 Å². The fourth-order valence-electron chi connectivity index (χ4n) is 2.92. The van der Waals surface area contributed by atoms with Crippen molar-refractivity contribution in [2.75, 3.05) is 7.11 Å². The van der Waals surface area contributed by atoms with Gasteiger partial charge in [-0.1, -0.05) is 6.07 Å². The fraction of sp³-hybridized carbons (Fsp3) is 0.105. The summed E-state index contributed by atoms with van der Waals surface area (Å²) in [5, 5.41) is 10.7. The van der Waals surface area contributed by atoms with Gasteiger partial charge in [-0.25, -0.2) is 13.6 Å². The van der Waals surface area contributed by atoms with Gasteiger partial charge in [-0.2, -0.15) is 14.9 Å². The summed E-state index contributed by atoms with van der Waals surface area (Å²) >= 11 is 0. The largest absolute Gasteiger partial charge is 0.496 e. The minimum absolute atomic E-state index is 0.197. The molecule has 0 unspecified atom stereocenters. The number of ether oxygens (including phenoxy) is 1. The van der Waals surface area contributed by atoms with Crippen LogP contribution < -0.4 is 10.4 Å². The number of H-pyrrole nitrogens is 1. The first-order chi connectivity index (χ1) is 13.6. The van der Waals surface area contributed by atoms with E-state index in [4.69, 9.17) is 4.74 Å². The third-order valence-corrected chi connectivity index (χ3v) is 4.36. The van der Waals surface area contributed by atoms with E-state index in [0.717, 1.165) is 32.5 Å². The number of rotatable bonds is 5. The second-order valence-corrected chi connectivity index (χ2v) is 6.02. The molecule has 0 amide bonds. The van der Waals surface area contributed by atoms with Gasteiger partial charge in [0, 0.05) is 29.0 Å². The first-order valence-electron chi connectivity index (χ1n) is 8.33. The summed E-state index contributed by atoms with van der Waals surface area (Å²) in [6.07, 6.45) is 4.62. The minimum atomic E-state index is -0.717. The molecule has 2 aromatic carbocycles. The molecule has 0 spiro atoms. The second-order valence-electron chi connectivity index (χ2n) is 6.02. The Labute approximate surface area is 157 Å². The lowest BCUT2D eigenvalue weighted by molar-refractivity contribution is 0.416. The van der Waals surface area contributed by atoms with E-state index in [1.54, 1.807) is 30.6 Å². The van der Waals surface area contributed by atoms with Crippen LogP contribution in [-0.2, 0) is 6.54 Å². The molecule has 142 valence electrons. The highest BCUT2D eigenvalue weighted by atomic mass is 19.1. The average molecular weight is 383 g/mol. The van der Waals surface area contributed by atoms with Gasteiger partial charge in [-0.15, -0.1) is 0 Å². The Balaban J connectivity index is 1.71. The molecule has 0 fully saturated rings. The maximum atomic E-state index is 13.9. The lowest BCUT2D eigenvalue weighted by Crippen LogP contribution is -2.24. The molecule has 0 aliphatic carbocycles. The SMILES string of the molecule is COc1cc(-n2ncn(Cc3c(F)cccc3F)c2=O)ccc1-c1cn[nH]c1. The standard InChI is InChI=1S/C19H15F2N5O2/c1-28-18-7-13(5-6-14(18)12-8-22-23-9-12)26-19(27)25(11-24-26)10-15-16(20)3-2-4-17(15)21/h2-9,11H,10H2,1H3,(H,22,23). The predicted octanol–water partition coefficient (Wildman–Crippen LogP) is 2.76. The van der Waals surface area contributed by atoms with E-state index in [1.807, 2.05) is 0 Å². The molecule has 0 saturated carbocycles. The molecule has 1 N–H and O–H groups in total. The molecule has 0 saturated heterocycles. The molecule has 0 bridgehead atoms. The third-order valence-electron chi connectivity index (χ3n) is 4.36. The average Bonchev–Trinajstić information content (AvgIpc) is 3.35. The summed E-state index contributed by atoms with van der Waals surface area (Å²) in [5.74, 6) is -0.905. The van der Waals surface area contributed by atoms with E-state index >= 15 is 0 Å².